The first-order valence-electron chi connectivity index (χ1n) is 14.0. The summed E-state index contributed by atoms with van der Waals surface area (Å²) in [6.07, 6.45) is 5.46. The lowest BCUT2D eigenvalue weighted by molar-refractivity contribution is 0.0963. The van der Waals surface area contributed by atoms with Gasteiger partial charge in [-0.3, -0.25) is 9.78 Å². The average Bonchev–Trinajstić information content (AvgIpc) is 3.44. The molecule has 5 aromatic rings. The summed E-state index contributed by atoms with van der Waals surface area (Å²) in [4.78, 5) is 33.6. The molecule has 41 heavy (non-hydrogen) atoms. The number of nitrogens with one attached hydrogen (secondary N) is 2. The Morgan fingerprint density at radius 2 is 1.85 bits per heavy atom. The first-order chi connectivity index (χ1) is 19.9. The third-order valence-corrected chi connectivity index (χ3v) is 7.59. The molecule has 210 valence electrons. The standard InChI is InChI=1S/C30H34N10O/c1-18(2)23-16-35-40-27(23)37-30(39-12-10-21(31)11-13-39)38-29(40)34-15-20-6-4-5-7-22(20)26-17-33-25-14-19(28(41)32-3)8-9-24(25)36-26/h4-9,14,16-18,21H,10-13,15,31H2,1-3H3,(H,32,41)(H,34,37,38). The monoisotopic (exact) mass is 550 g/mol. The smallest absolute Gasteiger partial charge is 0.251 e. The first kappa shape index (κ1) is 26.6. The number of amides is 1. The third-order valence-electron chi connectivity index (χ3n) is 7.59. The molecule has 11 nitrogen and oxygen atoms in total. The van der Waals surface area contributed by atoms with Crippen molar-refractivity contribution < 1.29 is 4.79 Å². The predicted octanol–water partition coefficient (Wildman–Crippen LogP) is 3.76. The van der Waals surface area contributed by atoms with E-state index in [1.165, 1.54) is 0 Å². The van der Waals surface area contributed by atoms with Crippen LogP contribution < -0.4 is 21.3 Å². The molecule has 6 rings (SSSR count). The van der Waals surface area contributed by atoms with Crippen molar-refractivity contribution in [3.05, 3.63) is 71.5 Å². The second-order valence-corrected chi connectivity index (χ2v) is 10.7. The quantitative estimate of drug-likeness (QED) is 0.276. The molecule has 1 aliphatic heterocycles. The van der Waals surface area contributed by atoms with Crippen molar-refractivity contribution >= 4 is 34.5 Å². The summed E-state index contributed by atoms with van der Waals surface area (Å²) in [5, 5.41) is 10.8. The lowest BCUT2D eigenvalue weighted by atomic mass is 10.0. The van der Waals surface area contributed by atoms with Crippen LogP contribution in [0.25, 0.3) is 27.9 Å². The molecule has 1 aliphatic rings. The Kier molecular flexibility index (Phi) is 7.19. The Labute approximate surface area is 238 Å². The zero-order valence-electron chi connectivity index (χ0n) is 23.5. The normalized spacial score (nSPS) is 14.2. The number of aromatic nitrogens is 6. The van der Waals surface area contributed by atoms with Gasteiger partial charge in [-0.2, -0.15) is 19.6 Å². The summed E-state index contributed by atoms with van der Waals surface area (Å²) in [5.41, 5.74) is 12.7. The highest BCUT2D eigenvalue weighted by atomic mass is 16.1. The summed E-state index contributed by atoms with van der Waals surface area (Å²) in [7, 11) is 1.61. The van der Waals surface area contributed by atoms with E-state index in [0.717, 1.165) is 59.5 Å². The largest absolute Gasteiger partial charge is 0.355 e. The molecule has 0 spiro atoms. The number of hydrogen-bond donors (Lipinski definition) is 3. The molecular formula is C30H34N10O. The van der Waals surface area contributed by atoms with Crippen LogP contribution in [0.15, 0.2) is 54.9 Å². The van der Waals surface area contributed by atoms with Crippen LogP contribution in [-0.4, -0.2) is 61.6 Å². The van der Waals surface area contributed by atoms with E-state index < -0.39 is 0 Å². The Morgan fingerprint density at radius 3 is 2.63 bits per heavy atom. The molecule has 0 unspecified atom stereocenters. The minimum Gasteiger partial charge on any atom is -0.355 e. The molecule has 0 atom stereocenters. The van der Waals surface area contributed by atoms with E-state index >= 15 is 0 Å². The predicted molar refractivity (Wildman–Crippen MR) is 160 cm³/mol. The number of hydrogen-bond acceptors (Lipinski definition) is 9. The molecule has 3 aromatic heterocycles. The molecule has 0 bridgehead atoms. The Bertz CT molecular complexity index is 1720. The van der Waals surface area contributed by atoms with Crippen molar-refractivity contribution in [3.8, 4) is 11.3 Å². The number of nitrogens with zero attached hydrogens (tertiary/aromatic N) is 7. The van der Waals surface area contributed by atoms with Crippen molar-refractivity contribution in [1.82, 2.24) is 34.9 Å². The fourth-order valence-corrected chi connectivity index (χ4v) is 5.17. The number of anilines is 2. The molecule has 0 aliphatic carbocycles. The number of benzene rings is 2. The van der Waals surface area contributed by atoms with Crippen molar-refractivity contribution in [2.75, 3.05) is 30.4 Å². The van der Waals surface area contributed by atoms with Crippen molar-refractivity contribution in [2.45, 2.75) is 45.2 Å². The van der Waals surface area contributed by atoms with Gasteiger partial charge < -0.3 is 21.3 Å². The van der Waals surface area contributed by atoms with Gasteiger partial charge in [0, 0.05) is 49.4 Å². The maximum atomic E-state index is 12.0. The fourth-order valence-electron chi connectivity index (χ4n) is 5.17. The van der Waals surface area contributed by atoms with Crippen LogP contribution in [0.2, 0.25) is 0 Å². The van der Waals surface area contributed by atoms with E-state index in [4.69, 9.17) is 20.7 Å². The molecule has 1 saturated heterocycles. The van der Waals surface area contributed by atoms with Gasteiger partial charge in [-0.15, -0.1) is 0 Å². The fraction of sp³-hybridized carbons (Fsp3) is 0.333. The van der Waals surface area contributed by atoms with E-state index in [9.17, 15) is 4.79 Å². The van der Waals surface area contributed by atoms with Crippen LogP contribution in [0.3, 0.4) is 0 Å². The molecule has 0 radical (unpaired) electrons. The van der Waals surface area contributed by atoms with E-state index in [0.29, 0.717) is 29.5 Å². The van der Waals surface area contributed by atoms with E-state index in [1.54, 1.807) is 29.9 Å². The molecule has 0 saturated carbocycles. The van der Waals surface area contributed by atoms with E-state index in [-0.39, 0.29) is 17.9 Å². The highest BCUT2D eigenvalue weighted by Crippen LogP contribution is 2.27. The summed E-state index contributed by atoms with van der Waals surface area (Å²) < 4.78 is 1.79. The van der Waals surface area contributed by atoms with Gasteiger partial charge in [-0.1, -0.05) is 38.1 Å². The number of carbonyl (C=O) groups is 1. The SMILES string of the molecule is CNC(=O)c1ccc2nc(-c3ccccc3CNc3nc(N4CCC(N)CC4)nc4c(C(C)C)cnn34)cnc2c1. The molecule has 4 heterocycles. The highest BCUT2D eigenvalue weighted by Gasteiger charge is 2.22. The third kappa shape index (κ3) is 5.28. The number of nitrogens with two attached hydrogens (primary N) is 1. The molecule has 11 heteroatoms. The minimum absolute atomic E-state index is 0.155. The number of carbonyl (C=O) groups excluding carboxylic acids is 1. The van der Waals surface area contributed by atoms with Crippen LogP contribution in [0.4, 0.5) is 11.9 Å². The Morgan fingerprint density at radius 1 is 1.05 bits per heavy atom. The van der Waals surface area contributed by atoms with Crippen LogP contribution in [0, 0.1) is 0 Å². The summed E-state index contributed by atoms with van der Waals surface area (Å²) in [6.45, 7) is 6.45. The zero-order valence-corrected chi connectivity index (χ0v) is 23.5. The number of fused-ring (bicyclic) bond motifs is 2. The Balaban J connectivity index is 1.32. The van der Waals surface area contributed by atoms with Gasteiger partial charge in [0.2, 0.25) is 11.9 Å². The molecular weight excluding hydrogens is 516 g/mol. The van der Waals surface area contributed by atoms with E-state index in [1.807, 2.05) is 30.5 Å². The van der Waals surface area contributed by atoms with Crippen LogP contribution in [-0.2, 0) is 6.54 Å². The lowest BCUT2D eigenvalue weighted by Gasteiger charge is -2.30. The van der Waals surface area contributed by atoms with Gasteiger partial charge in [-0.05, 0) is 42.5 Å². The van der Waals surface area contributed by atoms with Crippen LogP contribution in [0.1, 0.15) is 54.1 Å². The highest BCUT2D eigenvalue weighted by molar-refractivity contribution is 5.97. The van der Waals surface area contributed by atoms with Crippen molar-refractivity contribution in [2.24, 2.45) is 5.73 Å². The van der Waals surface area contributed by atoms with Gasteiger partial charge in [0.15, 0.2) is 5.65 Å². The average molecular weight is 551 g/mol. The minimum atomic E-state index is -0.155. The van der Waals surface area contributed by atoms with Crippen molar-refractivity contribution in [1.29, 1.82) is 0 Å². The Hall–Kier alpha value is -4.64. The van der Waals surface area contributed by atoms with Gasteiger partial charge in [0.1, 0.15) is 0 Å². The van der Waals surface area contributed by atoms with Crippen molar-refractivity contribution in [3.63, 3.8) is 0 Å². The van der Waals surface area contributed by atoms with Crippen LogP contribution in [0.5, 0.6) is 0 Å². The maximum absolute atomic E-state index is 12.0. The summed E-state index contributed by atoms with van der Waals surface area (Å²) >= 11 is 0. The van der Waals surface area contributed by atoms with Crippen LogP contribution >= 0.6 is 0 Å². The molecule has 1 amide bonds. The summed E-state index contributed by atoms with van der Waals surface area (Å²) in [5.74, 6) is 1.45. The number of rotatable bonds is 7. The molecule has 2 aromatic carbocycles. The van der Waals surface area contributed by atoms with E-state index in [2.05, 4.69) is 45.5 Å². The molecule has 4 N–H and O–H groups in total. The topological polar surface area (TPSA) is 139 Å². The van der Waals surface area contributed by atoms with Gasteiger partial charge >= 0.3 is 0 Å². The lowest BCUT2D eigenvalue weighted by Crippen LogP contribution is -2.40. The first-order valence-corrected chi connectivity index (χ1v) is 14.0. The second kappa shape index (κ2) is 11.1. The second-order valence-electron chi connectivity index (χ2n) is 10.7. The molecule has 1 fully saturated rings. The zero-order chi connectivity index (χ0) is 28.5. The van der Waals surface area contributed by atoms with Gasteiger partial charge in [-0.25, -0.2) is 4.98 Å². The van der Waals surface area contributed by atoms with Gasteiger partial charge in [0.05, 0.1) is 29.1 Å². The summed E-state index contributed by atoms with van der Waals surface area (Å²) in [6, 6.07) is 13.7. The maximum Gasteiger partial charge on any atom is 0.251 e. The van der Waals surface area contributed by atoms with Gasteiger partial charge in [0.25, 0.3) is 5.91 Å². The number of piperidine rings is 1.